The lowest BCUT2D eigenvalue weighted by Gasteiger charge is -2.36. The van der Waals surface area contributed by atoms with Gasteiger partial charge < -0.3 is 4.90 Å². The summed E-state index contributed by atoms with van der Waals surface area (Å²) in [7, 11) is 0. The van der Waals surface area contributed by atoms with Crippen LogP contribution < -0.4 is 4.90 Å². The molecule has 25 heavy (non-hydrogen) atoms. The number of piperazine rings is 1. The van der Waals surface area contributed by atoms with Crippen molar-refractivity contribution in [3.8, 4) is 16.3 Å². The molecule has 0 amide bonds. The normalized spacial score (nSPS) is 18.6. The first-order valence-corrected chi connectivity index (χ1v) is 9.94. The van der Waals surface area contributed by atoms with E-state index in [4.69, 9.17) is 0 Å². The van der Waals surface area contributed by atoms with Gasteiger partial charge >= 0.3 is 0 Å². The molecule has 0 N–H and O–H groups in total. The molecule has 0 bridgehead atoms. The maximum Gasteiger partial charge on any atom is 0.0840 e. The molecule has 1 aliphatic carbocycles. The van der Waals surface area contributed by atoms with Crippen LogP contribution >= 0.6 is 11.3 Å². The SMILES string of the molecule is c1csc(-c2ccnn2-c2ccc(N3CCN(C4CC4)CC3)cc2)c1. The molecule has 1 saturated heterocycles. The van der Waals surface area contributed by atoms with Gasteiger partial charge in [-0.05, 0) is 54.6 Å². The van der Waals surface area contributed by atoms with Gasteiger partial charge in [0.15, 0.2) is 0 Å². The predicted octanol–water partition coefficient (Wildman–Crippen LogP) is 3.89. The van der Waals surface area contributed by atoms with Crippen LogP contribution in [0.5, 0.6) is 0 Å². The second-order valence-electron chi connectivity index (χ2n) is 6.88. The van der Waals surface area contributed by atoms with Gasteiger partial charge in [0.05, 0.1) is 22.5 Å². The number of benzene rings is 1. The fourth-order valence-corrected chi connectivity index (χ4v) is 4.45. The first kappa shape index (κ1) is 15.2. The van der Waals surface area contributed by atoms with E-state index < -0.39 is 0 Å². The Hall–Kier alpha value is -2.11. The van der Waals surface area contributed by atoms with Crippen molar-refractivity contribution in [2.45, 2.75) is 18.9 Å². The van der Waals surface area contributed by atoms with Crippen LogP contribution in [0, 0.1) is 0 Å². The summed E-state index contributed by atoms with van der Waals surface area (Å²) >= 11 is 1.75. The van der Waals surface area contributed by atoms with Gasteiger partial charge in [-0.1, -0.05) is 6.07 Å². The Morgan fingerprint density at radius 3 is 2.32 bits per heavy atom. The minimum absolute atomic E-state index is 0.889. The number of aromatic nitrogens is 2. The first-order chi connectivity index (χ1) is 12.4. The third-order valence-corrected chi connectivity index (χ3v) is 6.15. The van der Waals surface area contributed by atoms with Gasteiger partial charge in [-0.2, -0.15) is 5.10 Å². The molecule has 3 aromatic rings. The van der Waals surface area contributed by atoms with Crippen molar-refractivity contribution in [1.82, 2.24) is 14.7 Å². The molecule has 3 heterocycles. The molecule has 5 rings (SSSR count). The third-order valence-electron chi connectivity index (χ3n) is 5.25. The van der Waals surface area contributed by atoms with E-state index in [9.17, 15) is 0 Å². The predicted molar refractivity (Wildman–Crippen MR) is 104 cm³/mol. The summed E-state index contributed by atoms with van der Waals surface area (Å²) in [5.41, 5.74) is 3.60. The highest BCUT2D eigenvalue weighted by atomic mass is 32.1. The van der Waals surface area contributed by atoms with Crippen LogP contribution in [-0.4, -0.2) is 46.9 Å². The molecule has 0 atom stereocenters. The van der Waals surface area contributed by atoms with Crippen molar-refractivity contribution in [1.29, 1.82) is 0 Å². The van der Waals surface area contributed by atoms with Crippen LogP contribution in [0.4, 0.5) is 5.69 Å². The highest BCUT2D eigenvalue weighted by Crippen LogP contribution is 2.30. The average molecular weight is 350 g/mol. The van der Waals surface area contributed by atoms with Crippen LogP contribution in [0.1, 0.15) is 12.8 Å². The van der Waals surface area contributed by atoms with Gasteiger partial charge in [0.1, 0.15) is 0 Å². The zero-order valence-electron chi connectivity index (χ0n) is 14.2. The molecule has 0 spiro atoms. The van der Waals surface area contributed by atoms with Crippen molar-refractivity contribution in [3.05, 3.63) is 54.0 Å². The van der Waals surface area contributed by atoms with Crippen LogP contribution in [-0.2, 0) is 0 Å². The van der Waals surface area contributed by atoms with Crippen molar-refractivity contribution in [2.75, 3.05) is 31.1 Å². The number of nitrogens with zero attached hydrogens (tertiary/aromatic N) is 4. The fourth-order valence-electron chi connectivity index (χ4n) is 3.71. The Morgan fingerprint density at radius 1 is 0.880 bits per heavy atom. The molecule has 128 valence electrons. The van der Waals surface area contributed by atoms with Crippen LogP contribution in [0.25, 0.3) is 16.3 Å². The second kappa shape index (κ2) is 6.32. The molecule has 5 heteroatoms. The van der Waals surface area contributed by atoms with Crippen LogP contribution in [0.15, 0.2) is 54.0 Å². The summed E-state index contributed by atoms with van der Waals surface area (Å²) in [4.78, 5) is 6.41. The van der Waals surface area contributed by atoms with E-state index in [1.165, 1.54) is 36.5 Å². The average Bonchev–Trinajstić information content (AvgIpc) is 3.17. The largest absolute Gasteiger partial charge is 0.369 e. The molecule has 0 radical (unpaired) electrons. The molecule has 4 nitrogen and oxygen atoms in total. The Kier molecular flexibility index (Phi) is 3.83. The highest BCUT2D eigenvalue weighted by Gasteiger charge is 2.31. The van der Waals surface area contributed by atoms with Crippen LogP contribution in [0.2, 0.25) is 0 Å². The topological polar surface area (TPSA) is 24.3 Å². The lowest BCUT2D eigenvalue weighted by molar-refractivity contribution is 0.248. The number of hydrogen-bond acceptors (Lipinski definition) is 4. The van der Waals surface area contributed by atoms with Crippen LogP contribution in [0.3, 0.4) is 0 Å². The summed E-state index contributed by atoms with van der Waals surface area (Å²) in [6.07, 6.45) is 4.69. The monoisotopic (exact) mass is 350 g/mol. The Balaban J connectivity index is 1.33. The number of hydrogen-bond donors (Lipinski definition) is 0. The van der Waals surface area contributed by atoms with Gasteiger partial charge in [0.25, 0.3) is 0 Å². The molecule has 1 aromatic carbocycles. The summed E-state index contributed by atoms with van der Waals surface area (Å²) in [5, 5.41) is 6.63. The minimum atomic E-state index is 0.889. The van der Waals surface area contributed by atoms with Gasteiger partial charge in [-0.25, -0.2) is 4.68 Å². The second-order valence-corrected chi connectivity index (χ2v) is 7.82. The van der Waals surface area contributed by atoms with Gasteiger partial charge in [-0.3, -0.25) is 4.90 Å². The van der Waals surface area contributed by atoms with Gasteiger partial charge in [-0.15, -0.1) is 11.3 Å². The zero-order chi connectivity index (χ0) is 16.6. The fraction of sp³-hybridized carbons (Fsp3) is 0.350. The lowest BCUT2D eigenvalue weighted by Crippen LogP contribution is -2.47. The summed E-state index contributed by atoms with van der Waals surface area (Å²) in [6, 6.07) is 16.0. The van der Waals surface area contributed by atoms with E-state index in [-0.39, 0.29) is 0 Å². The number of rotatable bonds is 4. The Labute approximate surface area is 152 Å². The van der Waals surface area contributed by atoms with Crippen molar-refractivity contribution in [2.24, 2.45) is 0 Å². The van der Waals surface area contributed by atoms with Gasteiger partial charge in [0, 0.05) is 37.9 Å². The maximum absolute atomic E-state index is 4.52. The Bertz CT molecular complexity index is 825. The van der Waals surface area contributed by atoms with Crippen molar-refractivity contribution in [3.63, 3.8) is 0 Å². The smallest absolute Gasteiger partial charge is 0.0840 e. The third kappa shape index (κ3) is 2.98. The molecular formula is C20H22N4S. The summed E-state index contributed by atoms with van der Waals surface area (Å²) in [5.74, 6) is 0. The van der Waals surface area contributed by atoms with Gasteiger partial charge in [0.2, 0.25) is 0 Å². The molecule has 2 aliphatic rings. The van der Waals surface area contributed by atoms with E-state index >= 15 is 0 Å². The van der Waals surface area contributed by atoms with E-state index in [1.54, 1.807) is 11.3 Å². The minimum Gasteiger partial charge on any atom is -0.369 e. The van der Waals surface area contributed by atoms with E-state index in [1.807, 2.05) is 10.9 Å². The molecule has 0 unspecified atom stereocenters. The van der Waals surface area contributed by atoms with E-state index in [0.29, 0.717) is 0 Å². The molecule has 1 aliphatic heterocycles. The molecule has 2 aromatic heterocycles. The van der Waals surface area contributed by atoms with Crippen molar-refractivity contribution < 1.29 is 0 Å². The number of thiophene rings is 1. The summed E-state index contributed by atoms with van der Waals surface area (Å²) < 4.78 is 2.03. The highest BCUT2D eigenvalue weighted by molar-refractivity contribution is 7.13. The molecular weight excluding hydrogens is 328 g/mol. The number of anilines is 1. The standard InChI is InChI=1S/C20H22N4S/c1-2-20(25-15-1)19-9-10-21-24(19)18-7-5-17(6-8-18)23-13-11-22(12-14-23)16-3-4-16/h1-2,5-10,15-16H,3-4,11-14H2. The first-order valence-electron chi connectivity index (χ1n) is 9.06. The van der Waals surface area contributed by atoms with E-state index in [0.717, 1.165) is 30.5 Å². The maximum atomic E-state index is 4.52. The quantitative estimate of drug-likeness (QED) is 0.713. The van der Waals surface area contributed by atoms with E-state index in [2.05, 4.69) is 62.7 Å². The molecule has 1 saturated carbocycles. The zero-order valence-corrected chi connectivity index (χ0v) is 15.0. The lowest BCUT2D eigenvalue weighted by atomic mass is 10.2. The Morgan fingerprint density at radius 2 is 1.64 bits per heavy atom. The van der Waals surface area contributed by atoms with Crippen molar-refractivity contribution >= 4 is 17.0 Å². The summed E-state index contributed by atoms with van der Waals surface area (Å²) in [6.45, 7) is 4.68. The molecule has 2 fully saturated rings.